The van der Waals surface area contributed by atoms with Crippen LogP contribution in [0.15, 0.2) is 0 Å². The molecule has 0 fully saturated rings. The summed E-state index contributed by atoms with van der Waals surface area (Å²) in [5, 5.41) is 11.7. The third-order valence-corrected chi connectivity index (χ3v) is 2.58. The maximum absolute atomic E-state index is 8.69. The molecule has 10 heavy (non-hydrogen) atoms. The Morgan fingerprint density at radius 3 is 2.60 bits per heavy atom. The van der Waals surface area contributed by atoms with Gasteiger partial charge in [0.25, 0.3) is 0 Å². The Kier molecular flexibility index (Phi) is 4.50. The molecule has 0 aliphatic heterocycles. The van der Waals surface area contributed by atoms with Crippen molar-refractivity contribution >= 4 is 11.8 Å². The molecule has 0 aromatic carbocycles. The van der Waals surface area contributed by atoms with Gasteiger partial charge in [-0.2, -0.15) is 17.0 Å². The topological polar surface area (TPSA) is 35.8 Å². The third-order valence-electron chi connectivity index (χ3n) is 1.39. The molecule has 0 spiro atoms. The Balaban J connectivity index is 3.72. The number of thioether (sulfide) groups is 1. The fraction of sp³-hybridized carbons (Fsp3) is 0.857. The molecule has 0 bridgehead atoms. The first-order valence-electron chi connectivity index (χ1n) is 3.36. The molecule has 3 heteroatoms. The van der Waals surface area contributed by atoms with Gasteiger partial charge in [0, 0.05) is 5.75 Å². The van der Waals surface area contributed by atoms with Gasteiger partial charge in [-0.1, -0.05) is 6.92 Å². The van der Waals surface area contributed by atoms with Crippen molar-refractivity contribution in [3.05, 3.63) is 0 Å². The van der Waals surface area contributed by atoms with Crippen LogP contribution in [-0.2, 0) is 0 Å². The van der Waals surface area contributed by atoms with Crippen LogP contribution in [0.4, 0.5) is 0 Å². The number of hydrogen-bond acceptors (Lipinski definition) is 3. The molecule has 0 aliphatic rings. The highest BCUT2D eigenvalue weighted by molar-refractivity contribution is 7.99. The number of nitrogens with one attached hydrogen (secondary N) is 1. The number of rotatable bonds is 4. The molecule has 1 unspecified atom stereocenters. The Hall–Kier alpha value is -0.200. The number of hydrogen-bond donors (Lipinski definition) is 1. The zero-order chi connectivity index (χ0) is 8.04. The van der Waals surface area contributed by atoms with Crippen molar-refractivity contribution in [1.82, 2.24) is 5.32 Å². The van der Waals surface area contributed by atoms with Gasteiger partial charge in [0.1, 0.15) is 5.54 Å². The molecule has 2 nitrogen and oxygen atoms in total. The van der Waals surface area contributed by atoms with Gasteiger partial charge in [-0.3, -0.25) is 0 Å². The monoisotopic (exact) mass is 158 g/mol. The summed E-state index contributed by atoms with van der Waals surface area (Å²) in [5.41, 5.74) is -0.347. The Labute approximate surface area is 67.0 Å². The highest BCUT2D eigenvalue weighted by atomic mass is 32.2. The van der Waals surface area contributed by atoms with Gasteiger partial charge in [-0.25, -0.2) is 0 Å². The van der Waals surface area contributed by atoms with Crippen molar-refractivity contribution in [2.24, 2.45) is 0 Å². The summed E-state index contributed by atoms with van der Waals surface area (Å²) in [4.78, 5) is 0. The first-order valence-corrected chi connectivity index (χ1v) is 4.52. The van der Waals surface area contributed by atoms with E-state index in [0.717, 1.165) is 11.5 Å². The van der Waals surface area contributed by atoms with Crippen LogP contribution in [0.5, 0.6) is 0 Å². The van der Waals surface area contributed by atoms with E-state index >= 15 is 0 Å². The second-order valence-electron chi connectivity index (χ2n) is 2.33. The van der Waals surface area contributed by atoms with E-state index in [0.29, 0.717) is 0 Å². The van der Waals surface area contributed by atoms with Gasteiger partial charge in [0.2, 0.25) is 0 Å². The van der Waals surface area contributed by atoms with Crippen LogP contribution in [0.3, 0.4) is 0 Å². The van der Waals surface area contributed by atoms with Gasteiger partial charge in [-0.05, 0) is 19.7 Å². The molecule has 0 rings (SSSR count). The van der Waals surface area contributed by atoms with E-state index in [-0.39, 0.29) is 5.54 Å². The van der Waals surface area contributed by atoms with Crippen LogP contribution < -0.4 is 5.32 Å². The lowest BCUT2D eigenvalue weighted by Crippen LogP contribution is -2.40. The van der Waals surface area contributed by atoms with Gasteiger partial charge in [-0.15, -0.1) is 0 Å². The predicted molar refractivity (Wildman–Crippen MR) is 46.1 cm³/mol. The van der Waals surface area contributed by atoms with Crippen LogP contribution in [0.1, 0.15) is 13.8 Å². The minimum absolute atomic E-state index is 0.347. The summed E-state index contributed by atoms with van der Waals surface area (Å²) in [5.74, 6) is 1.93. The summed E-state index contributed by atoms with van der Waals surface area (Å²) in [6.45, 7) is 4.01. The average molecular weight is 158 g/mol. The molecule has 0 radical (unpaired) electrons. The second-order valence-corrected chi connectivity index (χ2v) is 3.61. The summed E-state index contributed by atoms with van der Waals surface area (Å²) in [6.07, 6.45) is 0. The Morgan fingerprint density at radius 1 is 1.70 bits per heavy atom. The maximum Gasteiger partial charge on any atom is 0.112 e. The lowest BCUT2D eigenvalue weighted by molar-refractivity contribution is 0.550. The summed E-state index contributed by atoms with van der Waals surface area (Å²) in [6, 6.07) is 2.23. The quantitative estimate of drug-likeness (QED) is 0.668. The largest absolute Gasteiger partial charge is 0.302 e. The minimum Gasteiger partial charge on any atom is -0.302 e. The van der Waals surface area contributed by atoms with Crippen LogP contribution in [0, 0.1) is 11.3 Å². The molecule has 0 amide bonds. The maximum atomic E-state index is 8.69. The number of nitriles is 1. The van der Waals surface area contributed by atoms with Crippen molar-refractivity contribution < 1.29 is 0 Å². The van der Waals surface area contributed by atoms with Crippen LogP contribution >= 0.6 is 11.8 Å². The fourth-order valence-electron chi connectivity index (χ4n) is 0.467. The van der Waals surface area contributed by atoms with Crippen molar-refractivity contribution in [3.8, 4) is 6.07 Å². The van der Waals surface area contributed by atoms with Crippen LogP contribution in [0.2, 0.25) is 0 Å². The van der Waals surface area contributed by atoms with E-state index < -0.39 is 0 Å². The van der Waals surface area contributed by atoms with Crippen molar-refractivity contribution in [2.45, 2.75) is 19.4 Å². The fourth-order valence-corrected chi connectivity index (χ4v) is 1.29. The molecule has 0 saturated heterocycles. The molecule has 1 atom stereocenters. The molecular weight excluding hydrogens is 144 g/mol. The van der Waals surface area contributed by atoms with E-state index in [4.69, 9.17) is 5.26 Å². The van der Waals surface area contributed by atoms with E-state index in [1.165, 1.54) is 0 Å². The highest BCUT2D eigenvalue weighted by Gasteiger charge is 2.19. The van der Waals surface area contributed by atoms with E-state index in [1.54, 1.807) is 11.8 Å². The molecule has 0 saturated carbocycles. The molecule has 0 aliphatic carbocycles. The molecule has 58 valence electrons. The SMILES string of the molecule is CCSCC(C)(C#N)NC. The normalized spacial score (nSPS) is 15.8. The summed E-state index contributed by atoms with van der Waals surface area (Å²) < 4.78 is 0. The summed E-state index contributed by atoms with van der Waals surface area (Å²) in [7, 11) is 1.82. The lowest BCUT2D eigenvalue weighted by Gasteiger charge is -2.19. The first kappa shape index (κ1) is 9.80. The molecule has 0 aromatic heterocycles. The van der Waals surface area contributed by atoms with Crippen molar-refractivity contribution in [2.75, 3.05) is 18.6 Å². The molecular formula is C7H14N2S. The minimum atomic E-state index is -0.347. The van der Waals surface area contributed by atoms with Gasteiger partial charge >= 0.3 is 0 Å². The predicted octanol–water partition coefficient (Wildman–Crippen LogP) is 1.24. The zero-order valence-corrected chi connectivity index (χ0v) is 7.59. The van der Waals surface area contributed by atoms with Crippen molar-refractivity contribution in [1.29, 1.82) is 5.26 Å². The standard InChI is InChI=1S/C7H14N2S/c1-4-10-6-7(2,5-8)9-3/h9H,4,6H2,1-3H3. The van der Waals surface area contributed by atoms with E-state index in [1.807, 2.05) is 14.0 Å². The second kappa shape index (κ2) is 4.59. The smallest absolute Gasteiger partial charge is 0.112 e. The zero-order valence-electron chi connectivity index (χ0n) is 6.77. The van der Waals surface area contributed by atoms with E-state index in [2.05, 4.69) is 18.3 Å². The Morgan fingerprint density at radius 2 is 2.30 bits per heavy atom. The summed E-state index contributed by atoms with van der Waals surface area (Å²) >= 11 is 1.78. The first-order chi connectivity index (χ1) is 4.68. The van der Waals surface area contributed by atoms with Crippen LogP contribution in [0.25, 0.3) is 0 Å². The average Bonchev–Trinajstić information content (AvgIpc) is 2.00. The highest BCUT2D eigenvalue weighted by Crippen LogP contribution is 2.10. The lowest BCUT2D eigenvalue weighted by atomic mass is 10.1. The van der Waals surface area contributed by atoms with Gasteiger partial charge in [0.05, 0.1) is 6.07 Å². The van der Waals surface area contributed by atoms with Crippen molar-refractivity contribution in [3.63, 3.8) is 0 Å². The van der Waals surface area contributed by atoms with Gasteiger partial charge < -0.3 is 5.32 Å². The molecule has 1 N–H and O–H groups in total. The third kappa shape index (κ3) is 3.09. The Bertz CT molecular complexity index is 130. The number of nitrogens with zero attached hydrogens (tertiary/aromatic N) is 1. The van der Waals surface area contributed by atoms with E-state index in [9.17, 15) is 0 Å². The van der Waals surface area contributed by atoms with Gasteiger partial charge in [0.15, 0.2) is 0 Å². The molecule has 0 heterocycles. The molecule has 0 aromatic rings. The van der Waals surface area contributed by atoms with Crippen LogP contribution in [-0.4, -0.2) is 24.1 Å².